The molecule has 16 heavy (non-hydrogen) atoms. The van der Waals surface area contributed by atoms with Crippen LogP contribution in [0.15, 0.2) is 30.3 Å². The lowest BCUT2D eigenvalue weighted by molar-refractivity contribution is -0.176. The van der Waals surface area contributed by atoms with Gasteiger partial charge in [-0.25, -0.2) is 5.06 Å². The zero-order valence-corrected chi connectivity index (χ0v) is 8.76. The first-order chi connectivity index (χ1) is 7.86. The van der Waals surface area contributed by atoms with E-state index in [-0.39, 0.29) is 0 Å². The van der Waals surface area contributed by atoms with Gasteiger partial charge >= 0.3 is 6.41 Å². The van der Waals surface area contributed by atoms with E-state index in [2.05, 4.69) is 5.32 Å². The fourth-order valence-corrected chi connectivity index (χ4v) is 1.10. The first-order valence-electron chi connectivity index (χ1n) is 4.85. The number of carbonyl (C=O) groups excluding carboxylic acids is 2. The van der Waals surface area contributed by atoms with E-state index in [1.165, 1.54) is 6.41 Å². The van der Waals surface area contributed by atoms with Gasteiger partial charge in [-0.05, 0) is 5.56 Å². The number of benzene rings is 1. The Labute approximate surface area is 94.0 Å². The summed E-state index contributed by atoms with van der Waals surface area (Å²) in [4.78, 5) is 25.7. The first-order valence-corrected chi connectivity index (χ1v) is 4.85. The Bertz CT molecular complexity index is 316. The van der Waals surface area contributed by atoms with Crippen molar-refractivity contribution in [3.8, 4) is 0 Å². The van der Waals surface area contributed by atoms with Gasteiger partial charge in [0, 0.05) is 6.54 Å². The molecule has 1 N–H and O–H groups in total. The molecule has 0 aromatic heterocycles. The highest BCUT2D eigenvalue weighted by Gasteiger charge is 2.01. The Kier molecular flexibility index (Phi) is 5.65. The van der Waals surface area contributed by atoms with Crippen molar-refractivity contribution in [2.24, 2.45) is 0 Å². The molecule has 1 aromatic carbocycles. The number of carbonyl (C=O) groups is 1. The van der Waals surface area contributed by atoms with E-state index in [9.17, 15) is 9.59 Å². The van der Waals surface area contributed by atoms with Crippen LogP contribution in [0.5, 0.6) is 0 Å². The highest BCUT2D eigenvalue weighted by molar-refractivity contribution is 5.47. The Morgan fingerprint density at radius 3 is 2.75 bits per heavy atom. The van der Waals surface area contributed by atoms with Crippen molar-refractivity contribution in [3.63, 3.8) is 0 Å². The van der Waals surface area contributed by atoms with Crippen molar-refractivity contribution in [2.75, 3.05) is 13.1 Å². The summed E-state index contributed by atoms with van der Waals surface area (Å²) in [6.45, 7) is 0.937. The van der Waals surface area contributed by atoms with Gasteiger partial charge in [0.1, 0.15) is 6.61 Å². The predicted octanol–water partition coefficient (Wildman–Crippen LogP) is 0.233. The van der Waals surface area contributed by atoms with Crippen LogP contribution >= 0.6 is 0 Å². The molecule has 0 aliphatic rings. The molecule has 0 spiro atoms. The molecule has 0 bridgehead atoms. The standard InChI is InChI=1S/C11H13N2O3/c14-9-12-6-7-13(10-15)16-8-11-4-2-1-3-5-11/h1-5,10H,6-8H2,(H,12,14). The summed E-state index contributed by atoms with van der Waals surface area (Å²) in [6.07, 6.45) is 2.10. The summed E-state index contributed by atoms with van der Waals surface area (Å²) in [5, 5.41) is 3.46. The molecule has 2 amide bonds. The smallest absolute Gasteiger partial charge is 0.309 e. The highest BCUT2D eigenvalue weighted by Crippen LogP contribution is 2.01. The van der Waals surface area contributed by atoms with Crippen LogP contribution in [0.4, 0.5) is 0 Å². The number of hydroxylamine groups is 2. The molecule has 85 valence electrons. The third-order valence-corrected chi connectivity index (χ3v) is 1.89. The van der Waals surface area contributed by atoms with Crippen LogP contribution in [-0.4, -0.2) is 31.0 Å². The summed E-state index contributed by atoms with van der Waals surface area (Å²) < 4.78 is 0. The Morgan fingerprint density at radius 1 is 1.38 bits per heavy atom. The van der Waals surface area contributed by atoms with E-state index < -0.39 is 0 Å². The maximum atomic E-state index is 10.6. The van der Waals surface area contributed by atoms with E-state index >= 15 is 0 Å². The number of amides is 2. The number of hydrogen-bond donors (Lipinski definition) is 1. The molecule has 0 atom stereocenters. The van der Waals surface area contributed by atoms with E-state index in [0.29, 0.717) is 26.1 Å². The van der Waals surface area contributed by atoms with Gasteiger partial charge < -0.3 is 5.32 Å². The van der Waals surface area contributed by atoms with Crippen LogP contribution in [-0.2, 0) is 21.0 Å². The lowest BCUT2D eigenvalue weighted by atomic mass is 10.2. The second-order valence-corrected chi connectivity index (χ2v) is 3.03. The quantitative estimate of drug-likeness (QED) is 0.296. The monoisotopic (exact) mass is 221 g/mol. The van der Waals surface area contributed by atoms with Gasteiger partial charge in [-0.3, -0.25) is 14.4 Å². The molecule has 5 heteroatoms. The second-order valence-electron chi connectivity index (χ2n) is 3.03. The number of nitrogens with one attached hydrogen (secondary N) is 1. The van der Waals surface area contributed by atoms with E-state index in [1.807, 2.05) is 30.3 Å². The maximum absolute atomic E-state index is 10.6. The molecule has 0 saturated carbocycles. The topological polar surface area (TPSA) is 58.6 Å². The third kappa shape index (κ3) is 4.56. The fourth-order valence-electron chi connectivity index (χ4n) is 1.10. The van der Waals surface area contributed by atoms with E-state index in [0.717, 1.165) is 10.6 Å². The van der Waals surface area contributed by atoms with Crippen molar-refractivity contribution in [1.82, 2.24) is 10.4 Å². The largest absolute Gasteiger partial charge is 0.346 e. The van der Waals surface area contributed by atoms with Crippen molar-refractivity contribution < 1.29 is 14.4 Å². The minimum Gasteiger partial charge on any atom is -0.346 e. The second kappa shape index (κ2) is 7.42. The molecule has 0 heterocycles. The fraction of sp³-hybridized carbons (Fsp3) is 0.273. The Balaban J connectivity index is 2.28. The summed E-state index contributed by atoms with van der Waals surface area (Å²) >= 11 is 0. The van der Waals surface area contributed by atoms with Crippen LogP contribution in [0.3, 0.4) is 0 Å². The minimum atomic E-state index is 0.297. The highest BCUT2D eigenvalue weighted by atomic mass is 16.7. The average molecular weight is 221 g/mol. The number of hydrogen-bond acceptors (Lipinski definition) is 3. The lowest BCUT2D eigenvalue weighted by Gasteiger charge is -2.16. The molecule has 5 nitrogen and oxygen atoms in total. The van der Waals surface area contributed by atoms with Crippen molar-refractivity contribution in [3.05, 3.63) is 35.9 Å². The van der Waals surface area contributed by atoms with Crippen molar-refractivity contribution >= 4 is 12.8 Å². The minimum absolute atomic E-state index is 0.297. The molecule has 1 aromatic rings. The van der Waals surface area contributed by atoms with Crippen molar-refractivity contribution in [2.45, 2.75) is 6.61 Å². The van der Waals surface area contributed by atoms with Crippen LogP contribution < -0.4 is 5.32 Å². The Morgan fingerprint density at radius 2 is 2.12 bits per heavy atom. The van der Waals surface area contributed by atoms with E-state index in [4.69, 9.17) is 4.84 Å². The lowest BCUT2D eigenvalue weighted by Crippen LogP contribution is -2.30. The van der Waals surface area contributed by atoms with Gasteiger partial charge in [-0.1, -0.05) is 30.3 Å². The molecular formula is C11H13N2O3. The summed E-state index contributed by atoms with van der Waals surface area (Å²) in [6, 6.07) is 9.51. The third-order valence-electron chi connectivity index (χ3n) is 1.89. The van der Waals surface area contributed by atoms with Gasteiger partial charge in [0.2, 0.25) is 6.41 Å². The summed E-state index contributed by atoms with van der Waals surface area (Å²) in [7, 11) is 0. The first kappa shape index (κ1) is 12.2. The zero-order chi connectivity index (χ0) is 11.6. The zero-order valence-electron chi connectivity index (χ0n) is 8.76. The van der Waals surface area contributed by atoms with Gasteiger partial charge in [0.05, 0.1) is 6.54 Å². The van der Waals surface area contributed by atoms with Gasteiger partial charge in [-0.15, -0.1) is 0 Å². The SMILES string of the molecule is O=[C]NCCN(C=O)OCc1ccccc1. The van der Waals surface area contributed by atoms with Crippen molar-refractivity contribution in [1.29, 1.82) is 0 Å². The molecule has 0 saturated heterocycles. The molecular weight excluding hydrogens is 208 g/mol. The van der Waals surface area contributed by atoms with Gasteiger partial charge in [0.15, 0.2) is 0 Å². The summed E-state index contributed by atoms with van der Waals surface area (Å²) in [5.41, 5.74) is 0.976. The van der Waals surface area contributed by atoms with E-state index in [1.54, 1.807) is 0 Å². The van der Waals surface area contributed by atoms with Gasteiger partial charge in [0.25, 0.3) is 0 Å². The molecule has 0 unspecified atom stereocenters. The molecule has 0 aliphatic heterocycles. The van der Waals surface area contributed by atoms with Crippen LogP contribution in [0, 0.1) is 0 Å². The molecule has 0 aliphatic carbocycles. The van der Waals surface area contributed by atoms with Crippen LogP contribution in [0.25, 0.3) is 0 Å². The average Bonchev–Trinajstić information content (AvgIpc) is 2.35. The number of nitrogens with zero attached hydrogens (tertiary/aromatic N) is 1. The van der Waals surface area contributed by atoms with Crippen LogP contribution in [0.1, 0.15) is 5.56 Å². The summed E-state index contributed by atoms with van der Waals surface area (Å²) in [5.74, 6) is 0. The predicted molar refractivity (Wildman–Crippen MR) is 57.7 cm³/mol. The normalized spacial score (nSPS) is 9.50. The Hall–Kier alpha value is -1.88. The van der Waals surface area contributed by atoms with Gasteiger partial charge in [-0.2, -0.15) is 0 Å². The molecule has 1 radical (unpaired) electrons. The molecule has 1 rings (SSSR count). The molecule has 0 fully saturated rings. The van der Waals surface area contributed by atoms with Crippen LogP contribution in [0.2, 0.25) is 0 Å². The number of rotatable bonds is 8. The maximum Gasteiger partial charge on any atom is 0.309 e.